The molecule has 0 fully saturated rings. The van der Waals surface area contributed by atoms with Crippen LogP contribution < -0.4 is 0 Å². The van der Waals surface area contributed by atoms with E-state index < -0.39 is 0 Å². The first-order chi connectivity index (χ1) is 23.3. The fraction of sp³-hybridized carbons (Fsp3) is 0. The van der Waals surface area contributed by atoms with Crippen LogP contribution in [0, 0.1) is 0 Å². The molecule has 3 aromatic heterocycles. The summed E-state index contributed by atoms with van der Waals surface area (Å²) < 4.78 is 6.37. The lowest BCUT2D eigenvalue weighted by atomic mass is 9.93. The minimum Gasteiger partial charge on any atom is -0.455 e. The van der Waals surface area contributed by atoms with Crippen LogP contribution in [0.1, 0.15) is 0 Å². The summed E-state index contributed by atoms with van der Waals surface area (Å²) in [5.41, 5.74) is 4.47. The zero-order valence-corrected chi connectivity index (χ0v) is 25.1. The Kier molecular flexibility index (Phi) is 5.51. The third-order valence-corrected chi connectivity index (χ3v) is 9.19. The molecule has 10 rings (SSSR count). The molecule has 0 radical (unpaired) electrons. The highest BCUT2D eigenvalue weighted by molar-refractivity contribution is 6.23. The molecule has 47 heavy (non-hydrogen) atoms. The molecule has 0 unspecified atom stereocenters. The largest absolute Gasteiger partial charge is 0.455 e. The van der Waals surface area contributed by atoms with Crippen molar-refractivity contribution in [1.29, 1.82) is 0 Å². The average molecular weight is 601 g/mol. The molecule has 0 amide bonds. The van der Waals surface area contributed by atoms with Gasteiger partial charge in [-0.05, 0) is 55.9 Å². The number of aromatic nitrogens is 4. The second-order valence-electron chi connectivity index (χ2n) is 11.8. The van der Waals surface area contributed by atoms with Gasteiger partial charge in [-0.1, -0.05) is 115 Å². The SMILES string of the molecule is c1ccc(-c2nc(-c3cccc4c3ccc3c5cnccc5oc43)nc(-c3cc4ccc5ccccc5c4c4ccccc34)n2)cc1. The van der Waals surface area contributed by atoms with Gasteiger partial charge in [-0.3, -0.25) is 4.98 Å². The van der Waals surface area contributed by atoms with E-state index in [1.54, 1.807) is 6.20 Å². The van der Waals surface area contributed by atoms with Crippen LogP contribution in [0.4, 0.5) is 0 Å². The fourth-order valence-electron chi connectivity index (χ4n) is 7.03. The Morgan fingerprint density at radius 2 is 1.09 bits per heavy atom. The summed E-state index contributed by atoms with van der Waals surface area (Å²) in [4.78, 5) is 19.8. The quantitative estimate of drug-likeness (QED) is 0.189. The number of pyridine rings is 1. The van der Waals surface area contributed by atoms with E-state index in [0.717, 1.165) is 60.2 Å². The van der Waals surface area contributed by atoms with E-state index >= 15 is 0 Å². The van der Waals surface area contributed by atoms with Crippen molar-refractivity contribution in [3.63, 3.8) is 0 Å². The van der Waals surface area contributed by atoms with Crippen LogP contribution in [-0.4, -0.2) is 19.9 Å². The summed E-state index contributed by atoms with van der Waals surface area (Å²) in [6.07, 6.45) is 3.62. The first kappa shape index (κ1) is 25.8. The van der Waals surface area contributed by atoms with Crippen molar-refractivity contribution in [2.24, 2.45) is 0 Å². The Labute approximate surface area is 268 Å². The molecule has 5 heteroatoms. The van der Waals surface area contributed by atoms with Crippen LogP contribution >= 0.6 is 0 Å². The van der Waals surface area contributed by atoms with Crippen molar-refractivity contribution in [3.05, 3.63) is 146 Å². The van der Waals surface area contributed by atoms with E-state index in [-0.39, 0.29) is 0 Å². The molecule has 0 bridgehead atoms. The highest BCUT2D eigenvalue weighted by atomic mass is 16.3. The van der Waals surface area contributed by atoms with Crippen LogP contribution in [0.3, 0.4) is 0 Å². The van der Waals surface area contributed by atoms with Crippen LogP contribution in [0.15, 0.2) is 150 Å². The van der Waals surface area contributed by atoms with Gasteiger partial charge in [-0.15, -0.1) is 0 Å². The van der Waals surface area contributed by atoms with Gasteiger partial charge in [0.25, 0.3) is 0 Å². The Morgan fingerprint density at radius 3 is 1.98 bits per heavy atom. The van der Waals surface area contributed by atoms with Gasteiger partial charge in [0.05, 0.1) is 0 Å². The van der Waals surface area contributed by atoms with Gasteiger partial charge in [0.1, 0.15) is 11.2 Å². The second kappa shape index (κ2) is 10.0. The number of hydrogen-bond acceptors (Lipinski definition) is 5. The second-order valence-corrected chi connectivity index (χ2v) is 11.8. The van der Waals surface area contributed by atoms with Gasteiger partial charge in [0.2, 0.25) is 0 Å². The van der Waals surface area contributed by atoms with E-state index in [1.807, 2.05) is 48.7 Å². The maximum absolute atomic E-state index is 6.37. The molecular formula is C42H24N4O. The summed E-state index contributed by atoms with van der Waals surface area (Å²) in [7, 11) is 0. The lowest BCUT2D eigenvalue weighted by molar-refractivity contribution is 0.672. The lowest BCUT2D eigenvalue weighted by Crippen LogP contribution is -2.01. The number of rotatable bonds is 3. The van der Waals surface area contributed by atoms with Gasteiger partial charge in [0, 0.05) is 45.2 Å². The molecular weight excluding hydrogens is 576 g/mol. The van der Waals surface area contributed by atoms with Gasteiger partial charge >= 0.3 is 0 Å². The molecule has 0 aliphatic carbocycles. The Hall–Kier alpha value is -6.46. The topological polar surface area (TPSA) is 64.7 Å². The molecule has 0 N–H and O–H groups in total. The van der Waals surface area contributed by atoms with Crippen molar-refractivity contribution < 1.29 is 4.42 Å². The molecule has 218 valence electrons. The van der Waals surface area contributed by atoms with Gasteiger partial charge < -0.3 is 4.42 Å². The molecule has 7 aromatic carbocycles. The van der Waals surface area contributed by atoms with Crippen LogP contribution in [0.25, 0.3) is 99.2 Å². The molecule has 3 heterocycles. The highest BCUT2D eigenvalue weighted by Gasteiger charge is 2.19. The smallest absolute Gasteiger partial charge is 0.164 e. The molecule has 0 aliphatic rings. The van der Waals surface area contributed by atoms with Crippen molar-refractivity contribution >= 4 is 65.0 Å². The molecule has 10 aromatic rings. The molecule has 0 aliphatic heterocycles. The third kappa shape index (κ3) is 3.97. The Morgan fingerprint density at radius 1 is 0.426 bits per heavy atom. The standard InChI is InChI=1S/C42H24N4O/c1-2-10-26(11-3-1)40-44-41(34-16-8-15-32-30(34)19-20-33-36-24-43-22-21-37(36)47-39(32)33)46-42(45-40)35-23-27-18-17-25-9-4-5-12-28(25)38(27)31-14-7-6-13-29(31)35/h1-24H. The summed E-state index contributed by atoms with van der Waals surface area (Å²) in [5.74, 6) is 1.87. The van der Waals surface area contributed by atoms with Gasteiger partial charge in [-0.2, -0.15) is 0 Å². The summed E-state index contributed by atoms with van der Waals surface area (Å²) in [6.45, 7) is 0. The number of nitrogens with zero attached hydrogens (tertiary/aromatic N) is 4. The minimum atomic E-state index is 0.610. The van der Waals surface area contributed by atoms with E-state index in [2.05, 4.69) is 96.0 Å². The maximum Gasteiger partial charge on any atom is 0.164 e. The van der Waals surface area contributed by atoms with Crippen molar-refractivity contribution in [2.75, 3.05) is 0 Å². The predicted molar refractivity (Wildman–Crippen MR) is 191 cm³/mol. The summed E-state index contributed by atoms with van der Waals surface area (Å²) >= 11 is 0. The van der Waals surface area contributed by atoms with E-state index in [0.29, 0.717) is 17.5 Å². The molecule has 0 atom stereocenters. The lowest BCUT2D eigenvalue weighted by Gasteiger charge is -2.14. The Balaban J connectivity index is 1.27. The molecule has 0 spiro atoms. The third-order valence-electron chi connectivity index (χ3n) is 9.19. The molecule has 0 saturated heterocycles. The van der Waals surface area contributed by atoms with Crippen LogP contribution in [0.5, 0.6) is 0 Å². The average Bonchev–Trinajstić information content (AvgIpc) is 3.53. The van der Waals surface area contributed by atoms with Crippen molar-refractivity contribution in [3.8, 4) is 34.2 Å². The van der Waals surface area contributed by atoms with E-state index in [1.165, 1.54) is 21.5 Å². The molecule has 0 saturated carbocycles. The first-order valence-corrected chi connectivity index (χ1v) is 15.6. The number of benzene rings is 7. The van der Waals surface area contributed by atoms with Gasteiger partial charge in [-0.25, -0.2) is 15.0 Å². The monoisotopic (exact) mass is 600 g/mol. The van der Waals surface area contributed by atoms with E-state index in [4.69, 9.17) is 19.4 Å². The van der Waals surface area contributed by atoms with Crippen LogP contribution in [0.2, 0.25) is 0 Å². The predicted octanol–water partition coefficient (Wildman–Crippen LogP) is 10.8. The van der Waals surface area contributed by atoms with Crippen LogP contribution in [-0.2, 0) is 0 Å². The first-order valence-electron chi connectivity index (χ1n) is 15.6. The number of hydrogen-bond donors (Lipinski definition) is 0. The zero-order valence-electron chi connectivity index (χ0n) is 25.1. The number of fused-ring (bicyclic) bond motifs is 10. The van der Waals surface area contributed by atoms with Gasteiger partial charge in [0.15, 0.2) is 17.5 Å². The zero-order chi connectivity index (χ0) is 30.9. The maximum atomic E-state index is 6.37. The summed E-state index contributed by atoms with van der Waals surface area (Å²) in [6, 6.07) is 46.2. The minimum absolute atomic E-state index is 0.610. The van der Waals surface area contributed by atoms with E-state index in [9.17, 15) is 0 Å². The molecule has 5 nitrogen and oxygen atoms in total. The highest BCUT2D eigenvalue weighted by Crippen LogP contribution is 2.40. The Bertz CT molecular complexity index is 2860. The normalized spacial score (nSPS) is 11.8. The van der Waals surface area contributed by atoms with Crippen molar-refractivity contribution in [1.82, 2.24) is 19.9 Å². The fourth-order valence-corrected chi connectivity index (χ4v) is 7.03. The number of furan rings is 1. The van der Waals surface area contributed by atoms with Crippen molar-refractivity contribution in [2.45, 2.75) is 0 Å². The summed E-state index contributed by atoms with van der Waals surface area (Å²) in [5, 5.41) is 11.2.